The number of nitrogens with two attached hydrogens (primary N) is 1. The molecule has 0 unspecified atom stereocenters. The van der Waals surface area contributed by atoms with Crippen LogP contribution in [-0.2, 0) is 0 Å². The van der Waals surface area contributed by atoms with Crippen LogP contribution in [-0.4, -0.2) is 16.7 Å². The van der Waals surface area contributed by atoms with E-state index in [0.29, 0.717) is 5.02 Å². The van der Waals surface area contributed by atoms with E-state index in [1.807, 2.05) is 25.1 Å². The van der Waals surface area contributed by atoms with Crippen LogP contribution < -0.4 is 10.7 Å². The Morgan fingerprint density at radius 3 is 2.75 bits per heavy atom. The van der Waals surface area contributed by atoms with Crippen LogP contribution in [0.2, 0.25) is 10.2 Å². The zero-order valence-electron chi connectivity index (χ0n) is 10.7. The summed E-state index contributed by atoms with van der Waals surface area (Å²) in [6.45, 7) is 1.94. The highest BCUT2D eigenvalue weighted by atomic mass is 35.5. The van der Waals surface area contributed by atoms with Gasteiger partial charge in [0.15, 0.2) is 0 Å². The number of carbonyl (C=O) groups excluding carboxylic acids is 1. The summed E-state index contributed by atoms with van der Waals surface area (Å²) in [5.41, 5.74) is 7.82. The number of hydrogen-bond donors (Lipinski definition) is 2. The highest BCUT2D eigenvalue weighted by Gasteiger charge is 2.15. The molecule has 0 atom stereocenters. The summed E-state index contributed by atoms with van der Waals surface area (Å²) in [7, 11) is 0. The van der Waals surface area contributed by atoms with Crippen molar-refractivity contribution < 1.29 is 9.79 Å². The number of rotatable bonds is 2. The van der Waals surface area contributed by atoms with Gasteiger partial charge in [-0.15, -0.1) is 0 Å². The van der Waals surface area contributed by atoms with E-state index in [4.69, 9.17) is 28.9 Å². The zero-order chi connectivity index (χ0) is 14.7. The maximum absolute atomic E-state index is 12.1. The molecule has 0 bridgehead atoms. The fraction of sp³-hybridized carbons (Fsp3) is 0.0714. The molecule has 1 heterocycles. The molecule has 102 valence electrons. The number of nitrogens with zero attached hydrogens (tertiary/aromatic N) is 1. The summed E-state index contributed by atoms with van der Waals surface area (Å²) in [5, 5.41) is 0.401. The second-order valence-corrected chi connectivity index (χ2v) is 5.02. The Bertz CT molecular complexity index is 699. The van der Waals surface area contributed by atoms with Gasteiger partial charge in [0.1, 0.15) is 10.7 Å². The van der Waals surface area contributed by atoms with Crippen molar-refractivity contribution >= 4 is 34.9 Å². The smallest absolute Gasteiger partial charge is 0.286 e. The molecule has 0 aliphatic rings. The molecule has 1 amide bonds. The van der Waals surface area contributed by atoms with Crippen LogP contribution in [0.1, 0.15) is 21.5 Å². The second-order valence-electron chi connectivity index (χ2n) is 4.23. The standard InChI is InChI=1S/C14H11Cl2N3O/c1-8-3-2-4-9(5-8)13(17)19-14(20)11-6-10(15)7-18-12(11)16/h2-7H,1H3,(H2,17,19,20)/p+1. The number of halogens is 2. The van der Waals surface area contributed by atoms with Crippen molar-refractivity contribution in [3.05, 3.63) is 63.4 Å². The predicted octanol–water partition coefficient (Wildman–Crippen LogP) is 1.32. The van der Waals surface area contributed by atoms with E-state index < -0.39 is 5.91 Å². The zero-order valence-corrected chi connectivity index (χ0v) is 12.2. The first-order valence-corrected chi connectivity index (χ1v) is 6.55. The lowest BCUT2D eigenvalue weighted by atomic mass is 10.1. The van der Waals surface area contributed by atoms with E-state index in [9.17, 15) is 4.79 Å². The molecule has 2 aromatic rings. The van der Waals surface area contributed by atoms with E-state index in [-0.39, 0.29) is 16.6 Å². The average Bonchev–Trinajstić information content (AvgIpc) is 2.41. The molecular weight excluding hydrogens is 297 g/mol. The van der Waals surface area contributed by atoms with Gasteiger partial charge < -0.3 is 0 Å². The molecule has 0 saturated carbocycles. The van der Waals surface area contributed by atoms with Crippen LogP contribution >= 0.6 is 23.2 Å². The summed E-state index contributed by atoms with van der Waals surface area (Å²) in [6.07, 6.45) is 1.37. The van der Waals surface area contributed by atoms with Gasteiger partial charge in [-0.3, -0.25) is 5.73 Å². The van der Waals surface area contributed by atoms with Gasteiger partial charge in [0.05, 0.1) is 10.6 Å². The molecule has 0 radical (unpaired) electrons. The summed E-state index contributed by atoms with van der Waals surface area (Å²) in [5.74, 6) is -0.209. The maximum atomic E-state index is 12.1. The summed E-state index contributed by atoms with van der Waals surface area (Å²) in [6, 6.07) is 8.91. The monoisotopic (exact) mass is 308 g/mol. The van der Waals surface area contributed by atoms with Crippen LogP contribution in [0.4, 0.5) is 0 Å². The SMILES string of the molecule is Cc1cccc(C(N)=[NH+]C(=O)c2cc(Cl)cnc2Cl)c1. The minimum absolute atomic E-state index is 0.0731. The van der Waals surface area contributed by atoms with E-state index in [1.54, 1.807) is 6.07 Å². The number of carbonyl (C=O) groups is 1. The van der Waals surface area contributed by atoms with Gasteiger partial charge in [-0.25, -0.2) is 14.8 Å². The van der Waals surface area contributed by atoms with E-state index in [2.05, 4.69) is 9.98 Å². The van der Waals surface area contributed by atoms with Crippen LogP contribution in [0.3, 0.4) is 0 Å². The summed E-state index contributed by atoms with van der Waals surface area (Å²) in [4.78, 5) is 18.5. The Labute approximate surface area is 126 Å². The average molecular weight is 309 g/mol. The molecule has 0 fully saturated rings. The number of pyridine rings is 1. The molecule has 6 heteroatoms. The lowest BCUT2D eigenvalue weighted by Gasteiger charge is -2.00. The van der Waals surface area contributed by atoms with Gasteiger partial charge in [0, 0.05) is 6.20 Å². The number of aromatic nitrogens is 1. The molecule has 1 aromatic carbocycles. The number of nitrogen functional groups attached to an aromatic ring is 1. The molecule has 4 nitrogen and oxygen atoms in total. The van der Waals surface area contributed by atoms with Gasteiger partial charge >= 0.3 is 5.91 Å². The third-order valence-corrected chi connectivity index (χ3v) is 3.14. The third kappa shape index (κ3) is 3.35. The Balaban J connectivity index is 2.34. The highest BCUT2D eigenvalue weighted by Crippen LogP contribution is 2.16. The van der Waals surface area contributed by atoms with Gasteiger partial charge in [0.2, 0.25) is 0 Å². The topological polar surface area (TPSA) is 70.0 Å². The minimum atomic E-state index is -0.455. The molecule has 0 aliphatic heterocycles. The van der Waals surface area contributed by atoms with Crippen molar-refractivity contribution in [2.24, 2.45) is 5.73 Å². The van der Waals surface area contributed by atoms with E-state index in [1.165, 1.54) is 12.3 Å². The Morgan fingerprint density at radius 1 is 1.30 bits per heavy atom. The molecule has 0 saturated heterocycles. The molecule has 0 spiro atoms. The fourth-order valence-electron chi connectivity index (χ4n) is 1.66. The van der Waals surface area contributed by atoms with Crippen molar-refractivity contribution in [1.82, 2.24) is 4.98 Å². The fourth-order valence-corrected chi connectivity index (χ4v) is 2.00. The highest BCUT2D eigenvalue weighted by molar-refractivity contribution is 6.34. The Morgan fingerprint density at radius 2 is 2.05 bits per heavy atom. The minimum Gasteiger partial charge on any atom is -0.286 e. The number of nitrogens with one attached hydrogen (secondary N) is 1. The Hall–Kier alpha value is -1.91. The van der Waals surface area contributed by atoms with Crippen LogP contribution in [0.5, 0.6) is 0 Å². The molecule has 3 N–H and O–H groups in total. The number of benzene rings is 1. The molecule has 1 aromatic heterocycles. The second kappa shape index (κ2) is 6.03. The lowest BCUT2D eigenvalue weighted by molar-refractivity contribution is -0.345. The number of hydrogen-bond acceptors (Lipinski definition) is 2. The molecular formula is C14H12Cl2N3O+. The van der Waals surface area contributed by atoms with Gasteiger partial charge in [0.25, 0.3) is 5.84 Å². The van der Waals surface area contributed by atoms with E-state index >= 15 is 0 Å². The molecule has 20 heavy (non-hydrogen) atoms. The van der Waals surface area contributed by atoms with Crippen molar-refractivity contribution in [2.75, 3.05) is 0 Å². The molecule has 0 aliphatic carbocycles. The van der Waals surface area contributed by atoms with Crippen molar-refractivity contribution in [2.45, 2.75) is 6.92 Å². The normalized spacial score (nSPS) is 11.4. The molecule has 2 rings (SSSR count). The van der Waals surface area contributed by atoms with Crippen molar-refractivity contribution in [3.8, 4) is 0 Å². The number of amides is 1. The van der Waals surface area contributed by atoms with E-state index in [0.717, 1.165) is 11.1 Å². The third-order valence-electron chi connectivity index (χ3n) is 2.63. The first kappa shape index (κ1) is 14.5. The lowest BCUT2D eigenvalue weighted by Crippen LogP contribution is -2.79. The predicted molar refractivity (Wildman–Crippen MR) is 79.0 cm³/mol. The maximum Gasteiger partial charge on any atom is 0.342 e. The van der Waals surface area contributed by atoms with Gasteiger partial charge in [-0.2, -0.15) is 0 Å². The number of aryl methyl sites for hydroxylation is 1. The largest absolute Gasteiger partial charge is 0.342 e. The Kier molecular flexibility index (Phi) is 4.37. The van der Waals surface area contributed by atoms with Crippen LogP contribution in [0.25, 0.3) is 0 Å². The quantitative estimate of drug-likeness (QED) is 0.499. The first-order valence-electron chi connectivity index (χ1n) is 5.79. The van der Waals surface area contributed by atoms with Crippen LogP contribution in [0, 0.1) is 6.92 Å². The first-order chi connectivity index (χ1) is 9.47. The summed E-state index contributed by atoms with van der Waals surface area (Å²) < 4.78 is 0. The van der Waals surface area contributed by atoms with Gasteiger partial charge in [-0.05, 0) is 25.1 Å². The summed E-state index contributed by atoms with van der Waals surface area (Å²) >= 11 is 11.7. The van der Waals surface area contributed by atoms with Gasteiger partial charge in [-0.1, -0.05) is 40.9 Å². The van der Waals surface area contributed by atoms with Crippen LogP contribution in [0.15, 0.2) is 36.5 Å². The van der Waals surface area contributed by atoms with Crippen molar-refractivity contribution in [1.29, 1.82) is 0 Å². The van der Waals surface area contributed by atoms with Crippen molar-refractivity contribution in [3.63, 3.8) is 0 Å². The number of amidine groups is 1.